The summed E-state index contributed by atoms with van der Waals surface area (Å²) >= 11 is 0. The minimum atomic E-state index is 1.10. The minimum absolute atomic E-state index is 1.10. The van der Waals surface area contributed by atoms with Crippen LogP contribution in [0.25, 0.3) is 71.3 Å². The van der Waals surface area contributed by atoms with Gasteiger partial charge in [-0.25, -0.2) is 0 Å². The lowest BCUT2D eigenvalue weighted by molar-refractivity contribution is 1.18. The van der Waals surface area contributed by atoms with Crippen LogP contribution in [0, 0.1) is 0 Å². The van der Waals surface area contributed by atoms with Gasteiger partial charge in [-0.15, -0.1) is 0 Å². The molecule has 0 saturated carbocycles. The Morgan fingerprint density at radius 1 is 0.327 bits per heavy atom. The van der Waals surface area contributed by atoms with Crippen LogP contribution in [-0.4, -0.2) is 4.57 Å². The van der Waals surface area contributed by atoms with E-state index in [1.54, 1.807) is 0 Å². The summed E-state index contributed by atoms with van der Waals surface area (Å²) in [5.74, 6) is 0. The number of anilines is 3. The first-order chi connectivity index (χ1) is 25.8. The van der Waals surface area contributed by atoms with E-state index in [9.17, 15) is 0 Å². The molecule has 0 aliphatic rings. The highest BCUT2D eigenvalue weighted by atomic mass is 15.1. The van der Waals surface area contributed by atoms with Crippen molar-refractivity contribution in [3.8, 4) is 27.9 Å². The molecule has 0 aliphatic heterocycles. The molecule has 244 valence electrons. The van der Waals surface area contributed by atoms with E-state index in [0.717, 1.165) is 17.1 Å². The van der Waals surface area contributed by atoms with Crippen LogP contribution in [0.1, 0.15) is 0 Å². The average molecular weight is 663 g/mol. The summed E-state index contributed by atoms with van der Waals surface area (Å²) in [5.41, 5.74) is 11.7. The maximum Gasteiger partial charge on any atom is 0.0546 e. The number of benzene rings is 9. The molecule has 0 unspecified atom stereocenters. The van der Waals surface area contributed by atoms with Gasteiger partial charge in [0.15, 0.2) is 0 Å². The SMILES string of the molecule is c1ccc(-c2ccc(N(c3ccc(-c4ccccc4-n4c5ccccc5c5ccccc54)cc3)c3cc4ccccc4c4ccccc34)cc2)cc1. The molecule has 2 nitrogen and oxygen atoms in total. The van der Waals surface area contributed by atoms with E-state index in [4.69, 9.17) is 0 Å². The zero-order valence-electron chi connectivity index (χ0n) is 28.5. The van der Waals surface area contributed by atoms with E-state index >= 15 is 0 Å². The van der Waals surface area contributed by atoms with Crippen LogP contribution >= 0.6 is 0 Å². The number of nitrogens with zero attached hydrogens (tertiary/aromatic N) is 2. The van der Waals surface area contributed by atoms with Gasteiger partial charge in [0.05, 0.1) is 22.4 Å². The normalized spacial score (nSPS) is 11.5. The average Bonchev–Trinajstić information content (AvgIpc) is 3.56. The van der Waals surface area contributed by atoms with Crippen LogP contribution in [0.2, 0.25) is 0 Å². The fourth-order valence-electron chi connectivity index (χ4n) is 7.97. The highest BCUT2D eigenvalue weighted by Crippen LogP contribution is 2.43. The smallest absolute Gasteiger partial charge is 0.0546 e. The van der Waals surface area contributed by atoms with Gasteiger partial charge in [-0.05, 0) is 81.4 Å². The Morgan fingerprint density at radius 3 is 1.48 bits per heavy atom. The van der Waals surface area contributed by atoms with Crippen molar-refractivity contribution < 1.29 is 0 Å². The Morgan fingerprint density at radius 2 is 0.808 bits per heavy atom. The molecule has 0 atom stereocenters. The Hall–Kier alpha value is -6.90. The molecular weight excluding hydrogens is 629 g/mol. The van der Waals surface area contributed by atoms with Gasteiger partial charge in [0, 0.05) is 33.1 Å². The Labute approximate surface area is 303 Å². The zero-order valence-corrected chi connectivity index (χ0v) is 28.5. The highest BCUT2D eigenvalue weighted by Gasteiger charge is 2.19. The maximum atomic E-state index is 2.41. The van der Waals surface area contributed by atoms with Crippen molar-refractivity contribution in [2.75, 3.05) is 4.90 Å². The quantitative estimate of drug-likeness (QED) is 0.161. The standard InChI is InChI=1S/C50H34N2/c1-2-14-35(15-3-1)36-26-30-39(31-27-36)51(50-34-38-16-4-5-17-41(38)43-19-6-7-20-44(43)50)40-32-28-37(29-33-40)42-18-8-11-23-47(42)52-48-24-12-9-21-45(48)46-22-10-13-25-49(46)52/h1-34H. The summed E-state index contributed by atoms with van der Waals surface area (Å²) in [7, 11) is 0. The molecule has 1 heterocycles. The van der Waals surface area contributed by atoms with Crippen molar-refractivity contribution in [2.24, 2.45) is 0 Å². The van der Waals surface area contributed by atoms with Gasteiger partial charge in [-0.3, -0.25) is 0 Å². The van der Waals surface area contributed by atoms with Gasteiger partial charge in [0.1, 0.15) is 0 Å². The summed E-state index contributed by atoms with van der Waals surface area (Å²) < 4.78 is 2.41. The van der Waals surface area contributed by atoms with E-state index in [2.05, 4.69) is 216 Å². The predicted octanol–water partition coefficient (Wildman–Crippen LogP) is 13.9. The van der Waals surface area contributed by atoms with Crippen LogP contribution in [0.15, 0.2) is 206 Å². The molecule has 0 amide bonds. The van der Waals surface area contributed by atoms with Crippen molar-refractivity contribution in [3.05, 3.63) is 206 Å². The monoisotopic (exact) mass is 662 g/mol. The fourth-order valence-corrected chi connectivity index (χ4v) is 7.97. The molecule has 0 N–H and O–H groups in total. The van der Waals surface area contributed by atoms with E-state index in [1.165, 1.54) is 71.3 Å². The number of hydrogen-bond donors (Lipinski definition) is 0. The zero-order chi connectivity index (χ0) is 34.4. The largest absolute Gasteiger partial charge is 0.310 e. The molecular formula is C50H34N2. The van der Waals surface area contributed by atoms with Crippen molar-refractivity contribution in [2.45, 2.75) is 0 Å². The van der Waals surface area contributed by atoms with Crippen LogP contribution in [0.5, 0.6) is 0 Å². The minimum Gasteiger partial charge on any atom is -0.310 e. The Kier molecular flexibility index (Phi) is 7.18. The van der Waals surface area contributed by atoms with Crippen molar-refractivity contribution in [1.29, 1.82) is 0 Å². The molecule has 0 spiro atoms. The summed E-state index contributed by atoms with van der Waals surface area (Å²) in [6.07, 6.45) is 0. The van der Waals surface area contributed by atoms with E-state index < -0.39 is 0 Å². The lowest BCUT2D eigenvalue weighted by atomic mass is 9.98. The van der Waals surface area contributed by atoms with Crippen LogP contribution < -0.4 is 4.90 Å². The van der Waals surface area contributed by atoms with Gasteiger partial charge in [-0.1, -0.05) is 158 Å². The third-order valence-corrected chi connectivity index (χ3v) is 10.4. The molecule has 52 heavy (non-hydrogen) atoms. The summed E-state index contributed by atoms with van der Waals surface area (Å²) in [5, 5.41) is 7.48. The van der Waals surface area contributed by atoms with Gasteiger partial charge >= 0.3 is 0 Å². The third kappa shape index (κ3) is 4.96. The molecule has 2 heteroatoms. The number of para-hydroxylation sites is 3. The first-order valence-electron chi connectivity index (χ1n) is 17.9. The highest BCUT2D eigenvalue weighted by molar-refractivity contribution is 6.14. The number of rotatable bonds is 6. The van der Waals surface area contributed by atoms with Crippen molar-refractivity contribution in [3.63, 3.8) is 0 Å². The first kappa shape index (κ1) is 30.0. The Balaban J connectivity index is 1.14. The lowest BCUT2D eigenvalue weighted by Crippen LogP contribution is -2.10. The molecule has 10 rings (SSSR count). The second-order valence-corrected chi connectivity index (χ2v) is 13.3. The van der Waals surface area contributed by atoms with Crippen LogP contribution in [0.3, 0.4) is 0 Å². The van der Waals surface area contributed by atoms with Gasteiger partial charge in [0.2, 0.25) is 0 Å². The first-order valence-corrected chi connectivity index (χ1v) is 17.9. The number of hydrogen-bond acceptors (Lipinski definition) is 1. The summed E-state index contributed by atoms with van der Waals surface area (Å²) in [4.78, 5) is 2.41. The summed E-state index contributed by atoms with van der Waals surface area (Å²) in [6.45, 7) is 0. The van der Waals surface area contributed by atoms with Gasteiger partial charge < -0.3 is 9.47 Å². The van der Waals surface area contributed by atoms with Crippen molar-refractivity contribution >= 4 is 60.4 Å². The molecule has 0 saturated heterocycles. The molecule has 0 aliphatic carbocycles. The predicted molar refractivity (Wildman–Crippen MR) is 221 cm³/mol. The molecule has 0 fully saturated rings. The third-order valence-electron chi connectivity index (χ3n) is 10.4. The van der Waals surface area contributed by atoms with Crippen LogP contribution in [0.4, 0.5) is 17.1 Å². The van der Waals surface area contributed by atoms with E-state index in [-0.39, 0.29) is 0 Å². The molecule has 9 aromatic carbocycles. The van der Waals surface area contributed by atoms with E-state index in [1.807, 2.05) is 0 Å². The molecule has 0 radical (unpaired) electrons. The second kappa shape index (κ2) is 12.5. The second-order valence-electron chi connectivity index (χ2n) is 13.3. The molecule has 10 aromatic rings. The molecule has 1 aromatic heterocycles. The summed E-state index contributed by atoms with van der Waals surface area (Å²) in [6, 6.07) is 74.6. The lowest BCUT2D eigenvalue weighted by Gasteiger charge is -2.28. The van der Waals surface area contributed by atoms with Crippen LogP contribution in [-0.2, 0) is 0 Å². The number of aromatic nitrogens is 1. The number of fused-ring (bicyclic) bond motifs is 6. The Bertz CT molecular complexity index is 2830. The van der Waals surface area contributed by atoms with E-state index in [0.29, 0.717) is 0 Å². The van der Waals surface area contributed by atoms with Gasteiger partial charge in [-0.2, -0.15) is 0 Å². The molecule has 0 bridgehead atoms. The maximum absolute atomic E-state index is 2.41. The topological polar surface area (TPSA) is 8.17 Å². The van der Waals surface area contributed by atoms with Gasteiger partial charge in [0.25, 0.3) is 0 Å². The fraction of sp³-hybridized carbons (Fsp3) is 0. The van der Waals surface area contributed by atoms with Crippen molar-refractivity contribution in [1.82, 2.24) is 4.57 Å².